The quantitative estimate of drug-likeness (QED) is 0.167. The average Bonchev–Trinajstić information content (AvgIpc) is 3.47. The Bertz CT molecular complexity index is 1430. The van der Waals surface area contributed by atoms with Crippen molar-refractivity contribution in [1.82, 2.24) is 0 Å². The Morgan fingerprint density at radius 1 is 1.07 bits per heavy atom. The summed E-state index contributed by atoms with van der Waals surface area (Å²) >= 11 is 0. The fraction of sp³-hybridized carbons (Fsp3) is 0.214. The summed E-state index contributed by atoms with van der Waals surface area (Å²) in [7, 11) is 0. The third kappa shape index (κ3) is 6.57. The van der Waals surface area contributed by atoms with Crippen molar-refractivity contribution in [1.29, 1.82) is 0 Å². The Hall–Kier alpha value is -4.87. The zero-order chi connectivity index (χ0) is 28.9. The monoisotopic (exact) mass is 555 g/mol. The summed E-state index contributed by atoms with van der Waals surface area (Å²) in [5, 5.41) is 14.3. The van der Waals surface area contributed by atoms with E-state index in [1.807, 2.05) is 29.2 Å². The van der Waals surface area contributed by atoms with Gasteiger partial charge in [0.15, 0.2) is 5.71 Å². The number of allylic oxidation sites excluding steroid dienone is 3. The van der Waals surface area contributed by atoms with Gasteiger partial charge in [0.05, 0.1) is 16.8 Å². The van der Waals surface area contributed by atoms with Gasteiger partial charge in [-0.2, -0.15) is 23.3 Å². The minimum atomic E-state index is -4.97. The van der Waals surface area contributed by atoms with Gasteiger partial charge in [0.1, 0.15) is 19.0 Å². The summed E-state index contributed by atoms with van der Waals surface area (Å²) in [5.41, 5.74) is -0.127. The molecular weight excluding hydrogens is 531 g/mol. The fourth-order valence-corrected chi connectivity index (χ4v) is 4.03. The average molecular weight is 556 g/mol. The van der Waals surface area contributed by atoms with Crippen LogP contribution in [-0.4, -0.2) is 54.6 Å². The number of amides is 1. The molecule has 12 heteroatoms. The van der Waals surface area contributed by atoms with Crippen LogP contribution >= 0.6 is 0 Å². The van der Waals surface area contributed by atoms with E-state index in [2.05, 4.69) is 9.84 Å². The van der Waals surface area contributed by atoms with Gasteiger partial charge in [-0.15, -0.1) is 0 Å². The van der Waals surface area contributed by atoms with Gasteiger partial charge in [-0.05, 0) is 60.5 Å². The van der Waals surface area contributed by atoms with Crippen LogP contribution in [0.3, 0.4) is 0 Å². The second kappa shape index (κ2) is 11.9. The summed E-state index contributed by atoms with van der Waals surface area (Å²) in [5.74, 6) is -2.97. The molecule has 0 bridgehead atoms. The summed E-state index contributed by atoms with van der Waals surface area (Å²) in [6.45, 7) is 1.61. The normalized spacial score (nSPS) is 16.5. The molecule has 208 valence electrons. The molecule has 0 spiro atoms. The molecule has 2 aromatic carbocycles. The van der Waals surface area contributed by atoms with E-state index >= 15 is 0 Å². The van der Waals surface area contributed by atoms with E-state index in [1.165, 1.54) is 43.3 Å². The van der Waals surface area contributed by atoms with Gasteiger partial charge < -0.3 is 19.5 Å². The first-order valence-electron chi connectivity index (χ1n) is 12.1. The van der Waals surface area contributed by atoms with Crippen LogP contribution in [0.15, 0.2) is 89.4 Å². The molecule has 0 radical (unpaired) electrons. The number of ether oxygens (including phenoxy) is 2. The smallest absolute Gasteiger partial charge is 0.435 e. The van der Waals surface area contributed by atoms with E-state index in [9.17, 15) is 32.7 Å². The van der Waals surface area contributed by atoms with Gasteiger partial charge in [0.2, 0.25) is 0 Å². The third-order valence-electron chi connectivity index (χ3n) is 5.86. The highest BCUT2D eigenvalue weighted by Crippen LogP contribution is 2.32. The molecule has 2 aliphatic heterocycles. The Morgan fingerprint density at radius 3 is 2.48 bits per heavy atom. The minimum absolute atomic E-state index is 0.0392. The Balaban J connectivity index is 1.48. The van der Waals surface area contributed by atoms with Crippen LogP contribution in [0.1, 0.15) is 22.8 Å². The van der Waals surface area contributed by atoms with Crippen molar-refractivity contribution in [2.75, 3.05) is 29.7 Å². The topological polar surface area (TPSA) is 109 Å². The summed E-state index contributed by atoms with van der Waals surface area (Å²) in [4.78, 5) is 37.7. The maximum absolute atomic E-state index is 13.7. The van der Waals surface area contributed by atoms with Crippen molar-refractivity contribution >= 4 is 34.9 Å². The number of anilines is 2. The fourth-order valence-electron chi connectivity index (χ4n) is 4.03. The molecule has 0 saturated carbocycles. The second-order valence-electron chi connectivity index (χ2n) is 8.65. The van der Waals surface area contributed by atoms with Crippen LogP contribution in [-0.2, 0) is 25.5 Å². The predicted molar refractivity (Wildman–Crippen MR) is 140 cm³/mol. The second-order valence-corrected chi connectivity index (χ2v) is 8.65. The van der Waals surface area contributed by atoms with Crippen molar-refractivity contribution in [3.8, 4) is 0 Å². The maximum atomic E-state index is 13.7. The molecule has 2 aromatic rings. The van der Waals surface area contributed by atoms with E-state index in [4.69, 9.17) is 4.74 Å². The van der Waals surface area contributed by atoms with Crippen molar-refractivity contribution in [3.05, 3.63) is 95.4 Å². The largest absolute Gasteiger partial charge is 0.508 e. The predicted octanol–water partition coefficient (Wildman–Crippen LogP) is 4.62. The molecule has 40 heavy (non-hydrogen) atoms. The Kier molecular flexibility index (Phi) is 8.37. The molecule has 0 atom stereocenters. The highest BCUT2D eigenvalue weighted by molar-refractivity contribution is 6.32. The number of aliphatic hydroxyl groups excluding tert-OH is 1. The molecular formula is C28H24F3N3O6. The van der Waals surface area contributed by atoms with E-state index in [-0.39, 0.29) is 24.5 Å². The molecule has 0 saturated heterocycles. The van der Waals surface area contributed by atoms with Gasteiger partial charge in [-0.25, -0.2) is 4.79 Å². The summed E-state index contributed by atoms with van der Waals surface area (Å²) < 4.78 is 50.8. The number of hydrogen-bond acceptors (Lipinski definition) is 8. The molecule has 4 rings (SSSR count). The summed E-state index contributed by atoms with van der Waals surface area (Å²) in [6.07, 6.45) is 0.919. The van der Waals surface area contributed by atoms with E-state index in [0.717, 1.165) is 17.7 Å². The van der Waals surface area contributed by atoms with Crippen LogP contribution in [0.4, 0.5) is 24.5 Å². The number of carbonyl (C=O) groups is 3. The Labute approximate surface area is 227 Å². The number of fused-ring (bicyclic) bond motifs is 1. The number of para-hydroxylation sites is 1. The van der Waals surface area contributed by atoms with Crippen molar-refractivity contribution in [2.45, 2.75) is 19.5 Å². The molecule has 0 aromatic heterocycles. The zero-order valence-corrected chi connectivity index (χ0v) is 21.2. The molecule has 2 heterocycles. The molecule has 2 aliphatic rings. The number of halogens is 3. The van der Waals surface area contributed by atoms with Crippen molar-refractivity contribution in [2.24, 2.45) is 5.10 Å². The van der Waals surface area contributed by atoms with Crippen LogP contribution in [0.25, 0.3) is 0 Å². The van der Waals surface area contributed by atoms with Gasteiger partial charge in [-0.3, -0.25) is 9.59 Å². The van der Waals surface area contributed by atoms with Gasteiger partial charge in [0, 0.05) is 25.4 Å². The van der Waals surface area contributed by atoms with Gasteiger partial charge in [-0.1, -0.05) is 18.2 Å². The Morgan fingerprint density at radius 2 is 1.77 bits per heavy atom. The molecule has 1 N–H and O–H groups in total. The third-order valence-corrected chi connectivity index (χ3v) is 5.86. The molecule has 9 nitrogen and oxygen atoms in total. The number of aliphatic hydroxyl groups is 1. The number of hydrazone groups is 1. The van der Waals surface area contributed by atoms with E-state index in [1.54, 1.807) is 6.20 Å². The number of carbonyl (C=O) groups excluding carboxylic acids is 3. The number of hydrogen-bond donors (Lipinski definition) is 1. The maximum Gasteiger partial charge on any atom is 0.435 e. The number of nitrogens with zero attached hydrogens (tertiary/aromatic N) is 3. The minimum Gasteiger partial charge on any atom is -0.508 e. The number of esters is 2. The highest BCUT2D eigenvalue weighted by Gasteiger charge is 2.47. The first-order chi connectivity index (χ1) is 19.0. The first kappa shape index (κ1) is 28.1. The number of alkyl halides is 3. The van der Waals surface area contributed by atoms with Crippen molar-refractivity contribution < 1.29 is 42.1 Å². The van der Waals surface area contributed by atoms with Gasteiger partial charge >= 0.3 is 18.1 Å². The van der Waals surface area contributed by atoms with E-state index in [0.29, 0.717) is 17.6 Å². The SMILES string of the molecule is CC(=O)OCCOC(=O)c1ccc(N2N=C(C(F)(F)F)\C(=C/C(O)=C/C=C/N3CCc4ccccc43)C2=O)cc1. The van der Waals surface area contributed by atoms with Crippen LogP contribution in [0, 0.1) is 0 Å². The highest BCUT2D eigenvalue weighted by atomic mass is 19.4. The summed E-state index contributed by atoms with van der Waals surface area (Å²) in [6, 6.07) is 12.7. The molecule has 0 fully saturated rings. The molecule has 1 amide bonds. The first-order valence-corrected chi connectivity index (χ1v) is 12.1. The van der Waals surface area contributed by atoms with Gasteiger partial charge in [0.25, 0.3) is 5.91 Å². The van der Waals surface area contributed by atoms with Crippen LogP contribution in [0.5, 0.6) is 0 Å². The van der Waals surface area contributed by atoms with Crippen LogP contribution in [0.2, 0.25) is 0 Å². The van der Waals surface area contributed by atoms with Crippen molar-refractivity contribution in [3.63, 3.8) is 0 Å². The number of rotatable bonds is 8. The lowest BCUT2D eigenvalue weighted by Gasteiger charge is -2.13. The lowest BCUT2D eigenvalue weighted by Crippen LogP contribution is -2.25. The lowest BCUT2D eigenvalue weighted by molar-refractivity contribution is -0.142. The lowest BCUT2D eigenvalue weighted by atomic mass is 10.1. The molecule has 0 unspecified atom stereocenters. The number of benzene rings is 2. The standard InChI is InChI=1S/C28H24F3N3O6/c1-18(35)39-15-16-40-27(38)20-8-10-21(11-9-20)34-26(37)23(25(32-34)28(29,30)31)17-22(36)6-4-13-33-14-12-19-5-2-3-7-24(19)33/h2-11,13,17,36H,12,14-16H2,1H3/b13-4+,22-6-,23-17+. The van der Waals surface area contributed by atoms with E-state index < -0.39 is 41.1 Å². The van der Waals surface area contributed by atoms with Crippen LogP contribution < -0.4 is 9.91 Å². The zero-order valence-electron chi connectivity index (χ0n) is 21.2. The molecule has 0 aliphatic carbocycles.